The number of methoxy groups -OCH3 is 1. The molecule has 120 valence electrons. The molecule has 10 heteroatoms. The van der Waals surface area contributed by atoms with Crippen LogP contribution in [-0.2, 0) is 31.4 Å². The molecule has 4 N–H and O–H groups in total. The Morgan fingerprint density at radius 3 is 2.14 bits per heavy atom. The zero-order valence-corrected chi connectivity index (χ0v) is 13.2. The zero-order valence-electron chi connectivity index (χ0n) is 11.6. The van der Waals surface area contributed by atoms with Crippen LogP contribution in [0.1, 0.15) is 5.56 Å². The van der Waals surface area contributed by atoms with Crippen molar-refractivity contribution in [2.75, 3.05) is 26.8 Å². The van der Waals surface area contributed by atoms with Crippen LogP contribution in [0.3, 0.4) is 0 Å². The number of nitrogens with two attached hydrogens (primary N) is 1. The number of primary sulfonamides is 1. The van der Waals surface area contributed by atoms with E-state index in [-0.39, 0.29) is 24.6 Å². The molecule has 0 bridgehead atoms. The van der Waals surface area contributed by atoms with E-state index >= 15 is 0 Å². The number of rotatable bonds is 9. The lowest BCUT2D eigenvalue weighted by molar-refractivity contribution is 0.204. The van der Waals surface area contributed by atoms with Gasteiger partial charge in [-0.15, -0.1) is 0 Å². The van der Waals surface area contributed by atoms with Gasteiger partial charge in [0.2, 0.25) is 10.0 Å². The van der Waals surface area contributed by atoms with Gasteiger partial charge in [0.1, 0.15) is 0 Å². The van der Waals surface area contributed by atoms with Crippen LogP contribution in [0.25, 0.3) is 0 Å². The summed E-state index contributed by atoms with van der Waals surface area (Å²) in [5.41, 5.74) is 0.794. The minimum Gasteiger partial charge on any atom is -0.383 e. The molecule has 1 rings (SSSR count). The summed E-state index contributed by atoms with van der Waals surface area (Å²) in [6.45, 7) is 0.669. The molecule has 0 unspecified atom stereocenters. The summed E-state index contributed by atoms with van der Waals surface area (Å²) < 4.78 is 54.6. The van der Waals surface area contributed by atoms with Crippen LogP contribution in [0.15, 0.2) is 29.2 Å². The Labute approximate surface area is 124 Å². The smallest absolute Gasteiger partial charge is 0.276 e. The summed E-state index contributed by atoms with van der Waals surface area (Å²) in [6.07, 6.45) is 0.427. The summed E-state index contributed by atoms with van der Waals surface area (Å²) in [4.78, 5) is 0.0214. The number of benzene rings is 1. The first kappa shape index (κ1) is 18.0. The molecule has 0 aromatic heterocycles. The predicted octanol–water partition coefficient (Wildman–Crippen LogP) is -1.05. The van der Waals surface area contributed by atoms with Crippen LogP contribution < -0.4 is 14.6 Å². The fourth-order valence-corrected chi connectivity index (χ4v) is 2.85. The highest BCUT2D eigenvalue weighted by atomic mass is 32.2. The van der Waals surface area contributed by atoms with E-state index in [0.717, 1.165) is 5.56 Å². The number of sulfonamides is 1. The molecule has 0 radical (unpaired) electrons. The molecule has 0 saturated carbocycles. The van der Waals surface area contributed by atoms with Crippen molar-refractivity contribution in [3.05, 3.63) is 29.8 Å². The third kappa shape index (κ3) is 6.98. The van der Waals surface area contributed by atoms with Gasteiger partial charge in [-0.25, -0.2) is 18.3 Å². The van der Waals surface area contributed by atoms with E-state index in [2.05, 4.69) is 9.44 Å². The SMILES string of the molecule is COCCNS(=O)(=O)NCCc1ccc(S(N)(=O)=O)cc1. The van der Waals surface area contributed by atoms with Crippen LogP contribution in [0.2, 0.25) is 0 Å². The van der Waals surface area contributed by atoms with E-state index in [1.165, 1.54) is 19.2 Å². The van der Waals surface area contributed by atoms with Gasteiger partial charge in [0.25, 0.3) is 10.2 Å². The highest BCUT2D eigenvalue weighted by molar-refractivity contribution is 7.89. The topological polar surface area (TPSA) is 128 Å². The van der Waals surface area contributed by atoms with Gasteiger partial charge in [0.15, 0.2) is 0 Å². The molecule has 0 fully saturated rings. The molecular weight excluding hydrogens is 318 g/mol. The first-order valence-electron chi connectivity index (χ1n) is 6.09. The molecular formula is C11H19N3O5S2. The first-order chi connectivity index (χ1) is 9.74. The fraction of sp³-hybridized carbons (Fsp3) is 0.455. The summed E-state index contributed by atoms with van der Waals surface area (Å²) in [6, 6.07) is 5.95. The molecule has 21 heavy (non-hydrogen) atoms. The minimum absolute atomic E-state index is 0.0214. The van der Waals surface area contributed by atoms with Gasteiger partial charge in [-0.1, -0.05) is 12.1 Å². The number of nitrogens with one attached hydrogen (secondary N) is 2. The molecule has 8 nitrogen and oxygen atoms in total. The van der Waals surface area contributed by atoms with Gasteiger partial charge in [0.05, 0.1) is 11.5 Å². The maximum atomic E-state index is 11.5. The summed E-state index contributed by atoms with van der Waals surface area (Å²) in [5.74, 6) is 0. The molecule has 0 aliphatic carbocycles. The molecule has 0 amide bonds. The average molecular weight is 337 g/mol. The molecule has 0 aliphatic rings. The summed E-state index contributed by atoms with van der Waals surface area (Å²) >= 11 is 0. The van der Waals surface area contributed by atoms with E-state index in [1.807, 2.05) is 0 Å². The predicted molar refractivity (Wildman–Crippen MR) is 78.3 cm³/mol. The van der Waals surface area contributed by atoms with Crippen molar-refractivity contribution in [1.29, 1.82) is 0 Å². The van der Waals surface area contributed by atoms with Gasteiger partial charge < -0.3 is 4.74 Å². The summed E-state index contributed by atoms with van der Waals surface area (Å²) in [5, 5.41) is 4.98. The third-order valence-electron chi connectivity index (χ3n) is 2.56. The molecule has 0 heterocycles. The average Bonchev–Trinajstić information content (AvgIpc) is 2.38. The van der Waals surface area contributed by atoms with Gasteiger partial charge in [-0.05, 0) is 24.1 Å². The Bertz CT molecular complexity index is 641. The number of ether oxygens (including phenoxy) is 1. The van der Waals surface area contributed by atoms with Crippen LogP contribution in [0.4, 0.5) is 0 Å². The zero-order chi connectivity index (χ0) is 15.9. The number of hydrogen-bond acceptors (Lipinski definition) is 5. The fourth-order valence-electron chi connectivity index (χ4n) is 1.50. The standard InChI is InChI=1S/C11H19N3O5S2/c1-19-9-8-14-21(17,18)13-7-6-10-2-4-11(5-3-10)20(12,15)16/h2-5,13-14H,6-9H2,1H3,(H2,12,15,16). The van der Waals surface area contributed by atoms with Crippen LogP contribution >= 0.6 is 0 Å². The van der Waals surface area contributed by atoms with Crippen molar-refractivity contribution in [3.8, 4) is 0 Å². The Hall–Kier alpha value is -1.04. The van der Waals surface area contributed by atoms with Gasteiger partial charge in [-0.2, -0.15) is 13.1 Å². The second-order valence-corrected chi connectivity index (χ2v) is 7.37. The normalized spacial score (nSPS) is 12.5. The monoisotopic (exact) mass is 337 g/mol. The van der Waals surface area contributed by atoms with Gasteiger partial charge in [-0.3, -0.25) is 0 Å². The van der Waals surface area contributed by atoms with Crippen molar-refractivity contribution < 1.29 is 21.6 Å². The molecule has 1 aromatic carbocycles. The van der Waals surface area contributed by atoms with Crippen molar-refractivity contribution in [2.45, 2.75) is 11.3 Å². The van der Waals surface area contributed by atoms with Crippen LogP contribution in [-0.4, -0.2) is 43.6 Å². The number of hydrogen-bond donors (Lipinski definition) is 3. The van der Waals surface area contributed by atoms with Crippen molar-refractivity contribution >= 4 is 20.2 Å². The largest absolute Gasteiger partial charge is 0.383 e. The van der Waals surface area contributed by atoms with Crippen LogP contribution in [0.5, 0.6) is 0 Å². The lowest BCUT2D eigenvalue weighted by Gasteiger charge is -2.08. The van der Waals surface area contributed by atoms with Crippen LogP contribution in [0, 0.1) is 0 Å². The second kappa shape index (κ2) is 7.82. The Kier molecular flexibility index (Phi) is 6.71. The molecule has 0 saturated heterocycles. The van der Waals surface area contributed by atoms with E-state index in [0.29, 0.717) is 6.42 Å². The Morgan fingerprint density at radius 2 is 1.62 bits per heavy atom. The lowest BCUT2D eigenvalue weighted by atomic mass is 10.2. The van der Waals surface area contributed by atoms with E-state index in [1.54, 1.807) is 12.1 Å². The third-order valence-corrected chi connectivity index (χ3v) is 4.65. The van der Waals surface area contributed by atoms with Gasteiger partial charge >= 0.3 is 0 Å². The lowest BCUT2D eigenvalue weighted by Crippen LogP contribution is -2.39. The van der Waals surface area contributed by atoms with Crippen molar-refractivity contribution in [3.63, 3.8) is 0 Å². The van der Waals surface area contributed by atoms with Crippen molar-refractivity contribution in [1.82, 2.24) is 9.44 Å². The Morgan fingerprint density at radius 1 is 1.05 bits per heavy atom. The maximum Gasteiger partial charge on any atom is 0.276 e. The highest BCUT2D eigenvalue weighted by Crippen LogP contribution is 2.08. The second-order valence-electron chi connectivity index (χ2n) is 4.22. The molecule has 0 atom stereocenters. The molecule has 1 aromatic rings. The Balaban J connectivity index is 2.46. The maximum absolute atomic E-state index is 11.5. The first-order valence-corrected chi connectivity index (χ1v) is 9.12. The molecule has 0 aliphatic heterocycles. The highest BCUT2D eigenvalue weighted by Gasteiger charge is 2.09. The van der Waals surface area contributed by atoms with Gasteiger partial charge in [0, 0.05) is 20.2 Å². The minimum atomic E-state index is -3.71. The van der Waals surface area contributed by atoms with Crippen molar-refractivity contribution in [2.24, 2.45) is 5.14 Å². The molecule has 0 spiro atoms. The summed E-state index contributed by atoms with van der Waals surface area (Å²) in [7, 11) is -5.78. The quantitative estimate of drug-likeness (QED) is 0.495. The van der Waals surface area contributed by atoms with E-state index in [9.17, 15) is 16.8 Å². The van der Waals surface area contributed by atoms with E-state index < -0.39 is 20.2 Å². The van der Waals surface area contributed by atoms with E-state index in [4.69, 9.17) is 9.88 Å².